The van der Waals surface area contributed by atoms with Crippen LogP contribution in [-0.4, -0.2) is 9.38 Å². The monoisotopic (exact) mass is 301 g/mol. The molecule has 0 unspecified atom stereocenters. The lowest BCUT2D eigenvalue weighted by atomic mass is 9.63. The summed E-state index contributed by atoms with van der Waals surface area (Å²) in [5.74, 6) is 0.740. The highest BCUT2D eigenvalue weighted by atomic mass is 32.1. The Hall–Kier alpha value is -1.34. The van der Waals surface area contributed by atoms with Crippen molar-refractivity contribution in [2.45, 2.75) is 52.9 Å². The maximum atomic E-state index is 9.74. The van der Waals surface area contributed by atoms with Crippen molar-refractivity contribution in [1.82, 2.24) is 9.38 Å². The highest BCUT2D eigenvalue weighted by molar-refractivity contribution is 7.15. The van der Waals surface area contributed by atoms with Gasteiger partial charge in [0.25, 0.3) is 0 Å². The SMILES string of the molecule is CC(C)(C)C1CCC(C#N)(Cc2cn3ccsc3n2)CC1. The lowest BCUT2D eigenvalue weighted by Crippen LogP contribution is -2.33. The van der Waals surface area contributed by atoms with Gasteiger partial charge in [0.05, 0.1) is 17.2 Å². The second kappa shape index (κ2) is 5.14. The van der Waals surface area contributed by atoms with Crippen molar-refractivity contribution in [3.8, 4) is 6.07 Å². The van der Waals surface area contributed by atoms with Crippen LogP contribution in [0.15, 0.2) is 17.8 Å². The van der Waals surface area contributed by atoms with Crippen molar-refractivity contribution in [2.24, 2.45) is 16.7 Å². The molecule has 0 N–H and O–H groups in total. The molecule has 0 bridgehead atoms. The van der Waals surface area contributed by atoms with E-state index >= 15 is 0 Å². The first-order valence-electron chi connectivity index (χ1n) is 7.74. The molecule has 0 amide bonds. The van der Waals surface area contributed by atoms with E-state index in [4.69, 9.17) is 0 Å². The van der Waals surface area contributed by atoms with Gasteiger partial charge in [-0.1, -0.05) is 20.8 Å². The van der Waals surface area contributed by atoms with Gasteiger partial charge in [0.15, 0.2) is 4.96 Å². The van der Waals surface area contributed by atoms with Crippen LogP contribution < -0.4 is 0 Å². The van der Waals surface area contributed by atoms with E-state index in [0.717, 1.165) is 35.8 Å². The molecular weight excluding hydrogens is 278 g/mol. The lowest BCUT2D eigenvalue weighted by molar-refractivity contribution is 0.120. The highest BCUT2D eigenvalue weighted by Crippen LogP contribution is 2.46. The van der Waals surface area contributed by atoms with E-state index in [1.54, 1.807) is 11.3 Å². The van der Waals surface area contributed by atoms with Crippen molar-refractivity contribution in [2.75, 3.05) is 0 Å². The van der Waals surface area contributed by atoms with E-state index in [9.17, 15) is 5.26 Å². The molecule has 21 heavy (non-hydrogen) atoms. The molecular formula is C17H23N3S. The minimum atomic E-state index is -0.203. The second-order valence-electron chi connectivity index (χ2n) is 7.53. The molecule has 3 nitrogen and oxygen atoms in total. The molecule has 0 radical (unpaired) electrons. The van der Waals surface area contributed by atoms with Gasteiger partial charge in [-0.2, -0.15) is 5.26 Å². The molecule has 3 rings (SSSR count). The molecule has 0 aliphatic heterocycles. The molecule has 2 aromatic heterocycles. The number of nitriles is 1. The quantitative estimate of drug-likeness (QED) is 0.807. The van der Waals surface area contributed by atoms with Gasteiger partial charge in [-0.15, -0.1) is 11.3 Å². The Balaban J connectivity index is 1.74. The molecule has 112 valence electrons. The fourth-order valence-electron chi connectivity index (χ4n) is 3.57. The summed E-state index contributed by atoms with van der Waals surface area (Å²) >= 11 is 1.65. The average molecular weight is 301 g/mol. The van der Waals surface area contributed by atoms with Crippen molar-refractivity contribution in [1.29, 1.82) is 5.26 Å². The van der Waals surface area contributed by atoms with E-state index in [0.29, 0.717) is 5.41 Å². The van der Waals surface area contributed by atoms with Crippen molar-refractivity contribution in [3.63, 3.8) is 0 Å². The van der Waals surface area contributed by atoms with Crippen LogP contribution in [0.4, 0.5) is 0 Å². The molecule has 0 spiro atoms. The number of aromatic nitrogens is 2. The standard InChI is InChI=1S/C17H23N3S/c1-16(2,3)13-4-6-17(12-18,7-5-13)10-14-11-20-8-9-21-15(20)19-14/h8-9,11,13H,4-7,10H2,1-3H3. The maximum absolute atomic E-state index is 9.74. The van der Waals surface area contributed by atoms with Crippen LogP contribution in [0, 0.1) is 28.1 Å². The molecule has 1 fully saturated rings. The van der Waals surface area contributed by atoms with Crippen LogP contribution in [0.3, 0.4) is 0 Å². The first-order valence-corrected chi connectivity index (χ1v) is 8.62. The van der Waals surface area contributed by atoms with E-state index in [1.165, 1.54) is 12.8 Å². The summed E-state index contributed by atoms with van der Waals surface area (Å²) in [6, 6.07) is 2.63. The maximum Gasteiger partial charge on any atom is 0.193 e. The first kappa shape index (κ1) is 14.6. The number of thiazole rings is 1. The summed E-state index contributed by atoms with van der Waals surface area (Å²) < 4.78 is 2.06. The minimum absolute atomic E-state index is 0.203. The summed E-state index contributed by atoms with van der Waals surface area (Å²) in [4.78, 5) is 5.69. The average Bonchev–Trinajstić information content (AvgIpc) is 2.99. The Morgan fingerprint density at radius 2 is 2.14 bits per heavy atom. The zero-order valence-corrected chi connectivity index (χ0v) is 13.9. The number of imidazole rings is 1. The number of nitrogens with zero attached hydrogens (tertiary/aromatic N) is 3. The smallest absolute Gasteiger partial charge is 0.193 e. The molecule has 2 aromatic rings. The summed E-state index contributed by atoms with van der Waals surface area (Å²) in [7, 11) is 0. The Morgan fingerprint density at radius 3 is 2.71 bits per heavy atom. The van der Waals surface area contributed by atoms with Gasteiger partial charge in [0, 0.05) is 24.2 Å². The van der Waals surface area contributed by atoms with Crippen LogP contribution in [0.5, 0.6) is 0 Å². The van der Waals surface area contributed by atoms with Crippen LogP contribution in [-0.2, 0) is 6.42 Å². The number of hydrogen-bond donors (Lipinski definition) is 0. The van der Waals surface area contributed by atoms with Gasteiger partial charge in [0.2, 0.25) is 0 Å². The topological polar surface area (TPSA) is 41.1 Å². The second-order valence-corrected chi connectivity index (χ2v) is 8.41. The Labute approximate surface area is 130 Å². The summed E-state index contributed by atoms with van der Waals surface area (Å²) in [5.41, 5.74) is 1.22. The van der Waals surface area contributed by atoms with Gasteiger partial charge in [-0.25, -0.2) is 4.98 Å². The van der Waals surface area contributed by atoms with E-state index in [-0.39, 0.29) is 5.41 Å². The molecule has 0 saturated heterocycles. The van der Waals surface area contributed by atoms with E-state index in [2.05, 4.69) is 42.4 Å². The molecule has 0 aromatic carbocycles. The van der Waals surface area contributed by atoms with Crippen LogP contribution in [0.2, 0.25) is 0 Å². The molecule has 2 heterocycles. The van der Waals surface area contributed by atoms with Crippen LogP contribution in [0.1, 0.15) is 52.1 Å². The molecule has 4 heteroatoms. The Kier molecular flexibility index (Phi) is 3.57. The predicted molar refractivity (Wildman–Crippen MR) is 86.2 cm³/mol. The van der Waals surface area contributed by atoms with Crippen LogP contribution in [0.25, 0.3) is 4.96 Å². The zero-order valence-electron chi connectivity index (χ0n) is 13.1. The Bertz CT molecular complexity index is 632. The first-order chi connectivity index (χ1) is 9.92. The van der Waals surface area contributed by atoms with E-state index < -0.39 is 0 Å². The number of hydrogen-bond acceptors (Lipinski definition) is 3. The van der Waals surface area contributed by atoms with Gasteiger partial charge in [-0.3, -0.25) is 4.40 Å². The molecule has 1 saturated carbocycles. The Morgan fingerprint density at radius 1 is 1.43 bits per heavy atom. The zero-order chi connectivity index (χ0) is 15.1. The van der Waals surface area contributed by atoms with Gasteiger partial charge >= 0.3 is 0 Å². The van der Waals surface area contributed by atoms with Gasteiger partial charge < -0.3 is 0 Å². The molecule has 1 aliphatic carbocycles. The third-order valence-corrected chi connectivity index (χ3v) is 5.84. The number of fused-ring (bicyclic) bond motifs is 1. The fraction of sp³-hybridized carbons (Fsp3) is 0.647. The predicted octanol–water partition coefficient (Wildman–Crippen LogP) is 4.68. The summed E-state index contributed by atoms with van der Waals surface area (Å²) in [6.45, 7) is 6.96. The number of rotatable bonds is 2. The third kappa shape index (κ3) is 2.85. The van der Waals surface area contributed by atoms with Crippen molar-refractivity contribution >= 4 is 16.3 Å². The van der Waals surface area contributed by atoms with Crippen LogP contribution >= 0.6 is 11.3 Å². The van der Waals surface area contributed by atoms with Gasteiger partial charge in [-0.05, 0) is 37.0 Å². The van der Waals surface area contributed by atoms with Crippen molar-refractivity contribution in [3.05, 3.63) is 23.5 Å². The van der Waals surface area contributed by atoms with Gasteiger partial charge in [0.1, 0.15) is 0 Å². The fourth-order valence-corrected chi connectivity index (χ4v) is 4.29. The summed E-state index contributed by atoms with van der Waals surface area (Å²) in [6.07, 6.45) is 9.27. The van der Waals surface area contributed by atoms with Crippen molar-refractivity contribution < 1.29 is 0 Å². The normalized spacial score (nSPS) is 26.9. The largest absolute Gasteiger partial charge is 0.297 e. The minimum Gasteiger partial charge on any atom is -0.297 e. The molecule has 0 atom stereocenters. The highest BCUT2D eigenvalue weighted by Gasteiger charge is 2.39. The third-order valence-electron chi connectivity index (χ3n) is 5.07. The van der Waals surface area contributed by atoms with E-state index in [1.807, 2.05) is 11.6 Å². The lowest BCUT2D eigenvalue weighted by Gasteiger charge is -2.40. The summed E-state index contributed by atoms with van der Waals surface area (Å²) in [5, 5.41) is 11.8. The molecule has 1 aliphatic rings.